The molecule has 142 valence electrons. The van der Waals surface area contributed by atoms with Crippen LogP contribution in [0.3, 0.4) is 0 Å². The van der Waals surface area contributed by atoms with Crippen LogP contribution in [0.15, 0.2) is 0 Å². The second kappa shape index (κ2) is 7.97. The van der Waals surface area contributed by atoms with Gasteiger partial charge >= 0.3 is 6.09 Å². The highest BCUT2D eigenvalue weighted by atomic mass is 16.6. The molecule has 0 aliphatic carbocycles. The predicted molar refractivity (Wildman–Crippen MR) is 95.5 cm³/mol. The Hall–Kier alpha value is -1.92. The van der Waals surface area contributed by atoms with Crippen LogP contribution >= 0.6 is 0 Å². The number of nitrogens with zero attached hydrogens (tertiary/aromatic N) is 1. The highest BCUT2D eigenvalue weighted by Crippen LogP contribution is 2.22. The number of hydrogen-bond acceptors (Lipinski definition) is 5. The number of carbonyl (C=O) groups is 3. The third-order valence-electron chi connectivity index (χ3n) is 3.56. The summed E-state index contributed by atoms with van der Waals surface area (Å²) in [4.78, 5) is 37.9. The lowest BCUT2D eigenvalue weighted by molar-refractivity contribution is -0.132. The third kappa shape index (κ3) is 7.67. The van der Waals surface area contributed by atoms with E-state index < -0.39 is 29.6 Å². The number of likely N-dealkylation sites (tertiary alicyclic amines) is 1. The quantitative estimate of drug-likeness (QED) is 0.759. The summed E-state index contributed by atoms with van der Waals surface area (Å²) in [5, 5.41) is 10.2. The minimum Gasteiger partial charge on any atom is -0.444 e. The lowest BCUT2D eigenvalue weighted by Crippen LogP contribution is -2.49. The van der Waals surface area contributed by atoms with Crippen molar-refractivity contribution in [3.05, 3.63) is 0 Å². The number of rotatable bonds is 4. The zero-order valence-electron chi connectivity index (χ0n) is 16.2. The minimum atomic E-state index is -0.699. The van der Waals surface area contributed by atoms with Gasteiger partial charge in [-0.2, -0.15) is 0 Å². The van der Waals surface area contributed by atoms with Crippen LogP contribution < -0.4 is 5.32 Å². The van der Waals surface area contributed by atoms with Crippen molar-refractivity contribution < 1.29 is 19.1 Å². The molecule has 0 aromatic carbocycles. The molecule has 0 spiro atoms. The van der Waals surface area contributed by atoms with Crippen LogP contribution in [0, 0.1) is 10.8 Å². The van der Waals surface area contributed by atoms with E-state index in [-0.39, 0.29) is 17.5 Å². The number of imide groups is 1. The average molecular weight is 353 g/mol. The van der Waals surface area contributed by atoms with Crippen LogP contribution in [-0.4, -0.2) is 46.7 Å². The van der Waals surface area contributed by atoms with Gasteiger partial charge in [-0.1, -0.05) is 20.8 Å². The normalized spacial score (nSPS) is 18.0. The Balaban J connectivity index is 2.59. The molecule has 1 unspecified atom stereocenters. The standard InChI is InChI=1S/C18H31N3O4/c1-17(2,3)11-12(19)10-14(22)20-15(23)13-8-7-9-21(13)16(24)25-18(4,5)6/h13,19H,7-11H2,1-6H3,(H,20,22,23). The van der Waals surface area contributed by atoms with Gasteiger partial charge in [0, 0.05) is 12.3 Å². The zero-order valence-corrected chi connectivity index (χ0v) is 16.2. The van der Waals surface area contributed by atoms with Gasteiger partial charge in [0.2, 0.25) is 11.8 Å². The molecule has 1 heterocycles. The zero-order chi connectivity index (χ0) is 19.4. The van der Waals surface area contributed by atoms with E-state index in [2.05, 4.69) is 5.32 Å². The molecule has 7 nitrogen and oxygen atoms in total. The summed E-state index contributed by atoms with van der Waals surface area (Å²) < 4.78 is 5.31. The summed E-state index contributed by atoms with van der Waals surface area (Å²) in [6.45, 7) is 11.7. The smallest absolute Gasteiger partial charge is 0.410 e. The van der Waals surface area contributed by atoms with Crippen molar-refractivity contribution in [3.63, 3.8) is 0 Å². The second-order valence-electron chi connectivity index (χ2n) is 8.76. The van der Waals surface area contributed by atoms with Crippen molar-refractivity contribution >= 4 is 23.6 Å². The number of ether oxygens (including phenoxy) is 1. The molecule has 1 aliphatic heterocycles. The number of hydrogen-bond donors (Lipinski definition) is 2. The molecule has 3 amide bonds. The second-order valence-corrected chi connectivity index (χ2v) is 8.76. The van der Waals surface area contributed by atoms with Gasteiger partial charge in [-0.05, 0) is 45.4 Å². The molecular weight excluding hydrogens is 322 g/mol. The van der Waals surface area contributed by atoms with Crippen molar-refractivity contribution in [1.29, 1.82) is 5.41 Å². The van der Waals surface area contributed by atoms with Gasteiger partial charge in [0.25, 0.3) is 0 Å². The van der Waals surface area contributed by atoms with Crippen molar-refractivity contribution in [3.8, 4) is 0 Å². The minimum absolute atomic E-state index is 0.0830. The Morgan fingerprint density at radius 3 is 2.28 bits per heavy atom. The molecule has 7 heteroatoms. The topological polar surface area (TPSA) is 99.6 Å². The lowest BCUT2D eigenvalue weighted by Gasteiger charge is -2.27. The SMILES string of the molecule is CC(C)(C)CC(=N)CC(=O)NC(=O)C1CCCN1C(=O)OC(C)(C)C. The Labute approximate surface area is 150 Å². The molecule has 25 heavy (non-hydrogen) atoms. The highest BCUT2D eigenvalue weighted by Gasteiger charge is 2.37. The van der Waals surface area contributed by atoms with Gasteiger partial charge in [0.1, 0.15) is 11.6 Å². The lowest BCUT2D eigenvalue weighted by atomic mass is 9.88. The maximum atomic E-state index is 12.4. The van der Waals surface area contributed by atoms with Crippen LogP contribution in [0.4, 0.5) is 4.79 Å². The summed E-state index contributed by atoms with van der Waals surface area (Å²) >= 11 is 0. The van der Waals surface area contributed by atoms with Gasteiger partial charge in [-0.25, -0.2) is 4.79 Å². The molecule has 0 aromatic rings. The van der Waals surface area contributed by atoms with E-state index in [0.717, 1.165) is 0 Å². The highest BCUT2D eigenvalue weighted by molar-refractivity contribution is 6.07. The molecule has 1 atom stereocenters. The summed E-state index contributed by atoms with van der Waals surface area (Å²) in [5.74, 6) is -1.01. The number of carbonyl (C=O) groups excluding carboxylic acids is 3. The molecule has 0 aromatic heterocycles. The Bertz CT molecular complexity index is 544. The molecule has 1 saturated heterocycles. The van der Waals surface area contributed by atoms with Crippen molar-refractivity contribution in [1.82, 2.24) is 10.2 Å². The fourth-order valence-electron chi connectivity index (χ4n) is 2.74. The third-order valence-corrected chi connectivity index (χ3v) is 3.56. The van der Waals surface area contributed by atoms with Crippen molar-refractivity contribution in [2.75, 3.05) is 6.54 Å². The van der Waals surface area contributed by atoms with E-state index in [0.29, 0.717) is 25.8 Å². The van der Waals surface area contributed by atoms with Gasteiger partial charge in [0.05, 0.1) is 6.42 Å². The molecule has 0 radical (unpaired) electrons. The van der Waals surface area contributed by atoms with E-state index in [1.807, 2.05) is 20.8 Å². The monoisotopic (exact) mass is 353 g/mol. The predicted octanol–water partition coefficient (Wildman–Crippen LogP) is 2.87. The van der Waals surface area contributed by atoms with Crippen LogP contribution in [0.2, 0.25) is 0 Å². The van der Waals surface area contributed by atoms with E-state index in [4.69, 9.17) is 10.1 Å². The molecular formula is C18H31N3O4. The van der Waals surface area contributed by atoms with Crippen LogP contribution in [0.5, 0.6) is 0 Å². The molecule has 0 saturated carbocycles. The van der Waals surface area contributed by atoms with Gasteiger partial charge in [-0.3, -0.25) is 19.8 Å². The fraction of sp³-hybridized carbons (Fsp3) is 0.778. The number of nitrogens with one attached hydrogen (secondary N) is 2. The molecule has 1 rings (SSSR count). The Morgan fingerprint density at radius 1 is 1.16 bits per heavy atom. The van der Waals surface area contributed by atoms with Crippen LogP contribution in [-0.2, 0) is 14.3 Å². The van der Waals surface area contributed by atoms with Gasteiger partial charge < -0.3 is 10.1 Å². The maximum absolute atomic E-state index is 12.4. The molecule has 2 N–H and O–H groups in total. The van der Waals surface area contributed by atoms with Crippen LogP contribution in [0.25, 0.3) is 0 Å². The van der Waals surface area contributed by atoms with Gasteiger partial charge in [-0.15, -0.1) is 0 Å². The summed E-state index contributed by atoms with van der Waals surface area (Å²) in [5.41, 5.74) is -0.438. The van der Waals surface area contributed by atoms with E-state index >= 15 is 0 Å². The van der Waals surface area contributed by atoms with E-state index in [9.17, 15) is 14.4 Å². The first kappa shape index (κ1) is 21.1. The van der Waals surface area contributed by atoms with Crippen molar-refractivity contribution in [2.45, 2.75) is 78.9 Å². The summed E-state index contributed by atoms with van der Waals surface area (Å²) in [6.07, 6.45) is 1.02. The fourth-order valence-corrected chi connectivity index (χ4v) is 2.74. The average Bonchev–Trinajstić information content (AvgIpc) is 2.82. The largest absolute Gasteiger partial charge is 0.444 e. The first-order valence-corrected chi connectivity index (χ1v) is 8.68. The molecule has 0 bridgehead atoms. The van der Waals surface area contributed by atoms with E-state index in [1.165, 1.54) is 4.90 Å². The Morgan fingerprint density at radius 2 is 1.76 bits per heavy atom. The molecule has 1 aliphatic rings. The first-order valence-electron chi connectivity index (χ1n) is 8.68. The summed E-state index contributed by atoms with van der Waals surface area (Å²) in [6, 6.07) is -0.699. The van der Waals surface area contributed by atoms with E-state index in [1.54, 1.807) is 20.8 Å². The first-order chi connectivity index (χ1) is 11.3. The maximum Gasteiger partial charge on any atom is 0.410 e. The van der Waals surface area contributed by atoms with Crippen molar-refractivity contribution in [2.24, 2.45) is 5.41 Å². The Kier molecular flexibility index (Phi) is 6.74. The number of amides is 3. The summed E-state index contributed by atoms with van der Waals surface area (Å²) in [7, 11) is 0. The van der Waals surface area contributed by atoms with Crippen LogP contribution in [0.1, 0.15) is 67.2 Å². The molecule has 1 fully saturated rings. The van der Waals surface area contributed by atoms with Gasteiger partial charge in [0.15, 0.2) is 0 Å².